The third-order valence-corrected chi connectivity index (χ3v) is 2.77. The number of ether oxygens (including phenoxy) is 2. The Labute approximate surface area is 99.3 Å². The Morgan fingerprint density at radius 2 is 1.88 bits per heavy atom. The highest BCUT2D eigenvalue weighted by Gasteiger charge is 2.23. The summed E-state index contributed by atoms with van der Waals surface area (Å²) in [5.74, 6) is 0. The molecular formula is C12H27NO3. The average Bonchev–Trinajstić information content (AvgIpc) is 2.25. The van der Waals surface area contributed by atoms with Crippen LogP contribution in [0.4, 0.5) is 0 Å². The van der Waals surface area contributed by atoms with Crippen molar-refractivity contribution in [2.45, 2.75) is 45.3 Å². The molecule has 1 unspecified atom stereocenters. The Morgan fingerprint density at radius 1 is 1.25 bits per heavy atom. The van der Waals surface area contributed by atoms with Crippen molar-refractivity contribution in [3.63, 3.8) is 0 Å². The molecule has 0 aliphatic carbocycles. The van der Waals surface area contributed by atoms with Crippen LogP contribution in [-0.2, 0) is 9.47 Å². The molecule has 0 radical (unpaired) electrons. The van der Waals surface area contributed by atoms with Crippen LogP contribution in [0, 0.1) is 0 Å². The number of aliphatic hydroxyl groups is 1. The first-order chi connectivity index (χ1) is 7.39. The molecule has 4 heteroatoms. The number of aliphatic hydroxyl groups excluding tert-OH is 1. The molecule has 0 amide bonds. The number of methoxy groups -OCH3 is 1. The number of hydrogen-bond donors (Lipinski definition) is 2. The van der Waals surface area contributed by atoms with E-state index in [-0.39, 0.29) is 17.7 Å². The van der Waals surface area contributed by atoms with Crippen molar-refractivity contribution in [1.82, 2.24) is 5.32 Å². The summed E-state index contributed by atoms with van der Waals surface area (Å²) in [6.45, 7) is 10.1. The van der Waals surface area contributed by atoms with Gasteiger partial charge >= 0.3 is 0 Å². The lowest BCUT2D eigenvalue weighted by atomic mass is 10.0. The fraction of sp³-hybridized carbons (Fsp3) is 1.00. The first kappa shape index (κ1) is 15.8. The van der Waals surface area contributed by atoms with Crippen molar-refractivity contribution in [1.29, 1.82) is 0 Å². The van der Waals surface area contributed by atoms with Gasteiger partial charge in [-0.15, -0.1) is 0 Å². The predicted molar refractivity (Wildman–Crippen MR) is 65.7 cm³/mol. The first-order valence-electron chi connectivity index (χ1n) is 5.88. The molecule has 4 nitrogen and oxygen atoms in total. The summed E-state index contributed by atoms with van der Waals surface area (Å²) < 4.78 is 10.9. The molecule has 0 rings (SSSR count). The maximum Gasteiger partial charge on any atom is 0.0668 e. The summed E-state index contributed by atoms with van der Waals surface area (Å²) in [4.78, 5) is 0. The lowest BCUT2D eigenvalue weighted by Gasteiger charge is -2.29. The molecule has 0 aromatic heterocycles. The summed E-state index contributed by atoms with van der Waals surface area (Å²) in [7, 11) is 1.70. The molecule has 0 heterocycles. The second-order valence-corrected chi connectivity index (χ2v) is 5.02. The van der Waals surface area contributed by atoms with E-state index < -0.39 is 0 Å². The zero-order valence-corrected chi connectivity index (χ0v) is 11.3. The Bertz CT molecular complexity index is 185. The van der Waals surface area contributed by atoms with Gasteiger partial charge in [-0.25, -0.2) is 0 Å². The Kier molecular flexibility index (Phi) is 7.15. The quantitative estimate of drug-likeness (QED) is 0.587. The van der Waals surface area contributed by atoms with Crippen molar-refractivity contribution < 1.29 is 14.6 Å². The third kappa shape index (κ3) is 6.43. The fourth-order valence-electron chi connectivity index (χ4n) is 1.30. The van der Waals surface area contributed by atoms with Crippen LogP contribution in [0.2, 0.25) is 0 Å². The zero-order chi connectivity index (χ0) is 12.7. The summed E-state index contributed by atoms with van der Waals surface area (Å²) >= 11 is 0. The van der Waals surface area contributed by atoms with Gasteiger partial charge in [0.1, 0.15) is 0 Å². The largest absolute Gasteiger partial charge is 0.394 e. The first-order valence-corrected chi connectivity index (χ1v) is 5.88. The van der Waals surface area contributed by atoms with E-state index >= 15 is 0 Å². The number of nitrogens with one attached hydrogen (secondary N) is 1. The minimum atomic E-state index is -0.341. The molecule has 16 heavy (non-hydrogen) atoms. The Balaban J connectivity index is 3.79. The van der Waals surface area contributed by atoms with Gasteiger partial charge in [-0.3, -0.25) is 0 Å². The summed E-state index contributed by atoms with van der Waals surface area (Å²) in [5, 5.41) is 12.5. The van der Waals surface area contributed by atoms with Gasteiger partial charge in [-0.1, -0.05) is 6.92 Å². The lowest BCUT2D eigenvalue weighted by Crippen LogP contribution is -2.49. The van der Waals surface area contributed by atoms with Gasteiger partial charge in [0.05, 0.1) is 24.4 Å². The van der Waals surface area contributed by atoms with E-state index in [0.29, 0.717) is 13.2 Å². The fourth-order valence-corrected chi connectivity index (χ4v) is 1.30. The average molecular weight is 233 g/mol. The van der Waals surface area contributed by atoms with Gasteiger partial charge in [0.15, 0.2) is 0 Å². The SMILES string of the molecule is CCNC(C)(CO)COCCC(C)(C)OC. The molecule has 0 fully saturated rings. The predicted octanol–water partition coefficient (Wildman–Crippen LogP) is 1.18. The monoisotopic (exact) mass is 233 g/mol. The van der Waals surface area contributed by atoms with Crippen LogP contribution >= 0.6 is 0 Å². The highest BCUT2D eigenvalue weighted by molar-refractivity contribution is 4.81. The van der Waals surface area contributed by atoms with Crippen molar-refractivity contribution in [3.05, 3.63) is 0 Å². The van der Waals surface area contributed by atoms with Gasteiger partial charge in [0, 0.05) is 13.7 Å². The van der Waals surface area contributed by atoms with Crippen molar-refractivity contribution in [3.8, 4) is 0 Å². The standard InChI is InChI=1S/C12H27NO3/c1-6-13-12(4,9-14)10-16-8-7-11(2,3)15-5/h13-14H,6-10H2,1-5H3. The summed E-state index contributed by atoms with van der Waals surface area (Å²) in [6.07, 6.45) is 0.844. The van der Waals surface area contributed by atoms with Crippen LogP contribution in [0.25, 0.3) is 0 Å². The second-order valence-electron chi connectivity index (χ2n) is 5.02. The van der Waals surface area contributed by atoms with Crippen LogP contribution in [-0.4, -0.2) is 49.7 Å². The van der Waals surface area contributed by atoms with Crippen molar-refractivity contribution in [2.24, 2.45) is 0 Å². The van der Waals surface area contributed by atoms with E-state index in [4.69, 9.17) is 9.47 Å². The Morgan fingerprint density at radius 3 is 2.31 bits per heavy atom. The molecule has 0 spiro atoms. The molecular weight excluding hydrogens is 206 g/mol. The van der Waals surface area contributed by atoms with Gasteiger partial charge in [-0.05, 0) is 33.7 Å². The lowest BCUT2D eigenvalue weighted by molar-refractivity contribution is -0.0222. The zero-order valence-electron chi connectivity index (χ0n) is 11.3. The van der Waals surface area contributed by atoms with E-state index in [1.165, 1.54) is 0 Å². The van der Waals surface area contributed by atoms with Crippen LogP contribution in [0.5, 0.6) is 0 Å². The van der Waals surface area contributed by atoms with Gasteiger partial charge in [0.25, 0.3) is 0 Å². The maximum atomic E-state index is 9.25. The Hall–Kier alpha value is -0.160. The number of likely N-dealkylation sites (N-methyl/N-ethyl adjacent to an activating group) is 1. The number of hydrogen-bond acceptors (Lipinski definition) is 4. The van der Waals surface area contributed by atoms with Gasteiger partial charge in [-0.2, -0.15) is 0 Å². The molecule has 0 bridgehead atoms. The van der Waals surface area contributed by atoms with Crippen molar-refractivity contribution in [2.75, 3.05) is 33.5 Å². The van der Waals surface area contributed by atoms with Gasteiger partial charge < -0.3 is 19.9 Å². The molecule has 1 atom stereocenters. The van der Waals surface area contributed by atoms with Crippen LogP contribution in [0.15, 0.2) is 0 Å². The van der Waals surface area contributed by atoms with Crippen molar-refractivity contribution >= 4 is 0 Å². The van der Waals surface area contributed by atoms with Crippen LogP contribution in [0.1, 0.15) is 34.1 Å². The van der Waals surface area contributed by atoms with E-state index in [1.54, 1.807) is 7.11 Å². The van der Waals surface area contributed by atoms with E-state index in [9.17, 15) is 5.11 Å². The third-order valence-electron chi connectivity index (χ3n) is 2.77. The minimum absolute atomic E-state index is 0.0779. The molecule has 2 N–H and O–H groups in total. The molecule has 0 saturated carbocycles. The maximum absolute atomic E-state index is 9.25. The van der Waals surface area contributed by atoms with E-state index in [0.717, 1.165) is 13.0 Å². The van der Waals surface area contributed by atoms with Crippen LogP contribution < -0.4 is 5.32 Å². The van der Waals surface area contributed by atoms with E-state index in [1.807, 2.05) is 27.7 Å². The topological polar surface area (TPSA) is 50.7 Å². The normalized spacial score (nSPS) is 16.1. The highest BCUT2D eigenvalue weighted by Crippen LogP contribution is 2.13. The summed E-state index contributed by atoms with van der Waals surface area (Å²) in [5.41, 5.74) is -0.486. The smallest absolute Gasteiger partial charge is 0.0668 e. The van der Waals surface area contributed by atoms with E-state index in [2.05, 4.69) is 5.32 Å². The summed E-state index contributed by atoms with van der Waals surface area (Å²) in [6, 6.07) is 0. The molecule has 0 saturated heterocycles. The van der Waals surface area contributed by atoms with Gasteiger partial charge in [0.2, 0.25) is 0 Å². The molecule has 0 aliphatic rings. The second kappa shape index (κ2) is 7.22. The molecule has 0 aliphatic heterocycles. The number of rotatable bonds is 9. The molecule has 0 aromatic carbocycles. The highest BCUT2D eigenvalue weighted by atomic mass is 16.5. The molecule has 0 aromatic rings. The molecule has 98 valence electrons. The van der Waals surface area contributed by atoms with Crippen LogP contribution in [0.3, 0.4) is 0 Å². The minimum Gasteiger partial charge on any atom is -0.394 e.